The SMILES string of the molecule is CC(C)(CO)C(=O)O.Cl. The zero-order valence-corrected chi connectivity index (χ0v) is 6.23. The Kier molecular flexibility index (Phi) is 4.72. The molecule has 0 radical (unpaired) electrons. The zero-order valence-electron chi connectivity index (χ0n) is 5.42. The number of carboxylic acid groups (broad SMARTS) is 1. The number of aliphatic carboxylic acids is 1. The number of rotatable bonds is 2. The summed E-state index contributed by atoms with van der Waals surface area (Å²) in [4.78, 5) is 10.1. The quantitative estimate of drug-likeness (QED) is 0.610. The molecule has 0 unspecified atom stereocenters. The number of aliphatic hydroxyl groups is 1. The average Bonchev–Trinajstić information content (AvgIpc) is 1.67. The molecular weight excluding hydrogens is 144 g/mol. The molecule has 56 valence electrons. The van der Waals surface area contributed by atoms with Crippen LogP contribution in [0.15, 0.2) is 0 Å². The van der Waals surface area contributed by atoms with E-state index in [1.165, 1.54) is 13.8 Å². The molecule has 0 spiro atoms. The smallest absolute Gasteiger partial charge is 0.311 e. The third-order valence-electron chi connectivity index (χ3n) is 0.974. The van der Waals surface area contributed by atoms with Crippen LogP contribution in [0.1, 0.15) is 13.8 Å². The number of carbonyl (C=O) groups is 1. The second-order valence-corrected chi connectivity index (χ2v) is 2.35. The van der Waals surface area contributed by atoms with Crippen LogP contribution in [0.2, 0.25) is 0 Å². The van der Waals surface area contributed by atoms with E-state index >= 15 is 0 Å². The molecule has 0 heterocycles. The summed E-state index contributed by atoms with van der Waals surface area (Å²) >= 11 is 0. The largest absolute Gasteiger partial charge is 0.481 e. The van der Waals surface area contributed by atoms with Crippen LogP contribution in [0.5, 0.6) is 0 Å². The summed E-state index contributed by atoms with van der Waals surface area (Å²) < 4.78 is 0. The minimum atomic E-state index is -0.986. The van der Waals surface area contributed by atoms with Crippen LogP contribution in [-0.2, 0) is 4.79 Å². The fraction of sp³-hybridized carbons (Fsp3) is 0.800. The lowest BCUT2D eigenvalue weighted by atomic mass is 9.96. The highest BCUT2D eigenvalue weighted by Crippen LogP contribution is 2.12. The van der Waals surface area contributed by atoms with Gasteiger partial charge in [0.05, 0.1) is 12.0 Å². The van der Waals surface area contributed by atoms with Crippen LogP contribution < -0.4 is 0 Å². The standard InChI is InChI=1S/C5H10O3.ClH/c1-5(2,3-6)4(7)8;/h6H,3H2,1-2H3,(H,7,8);1H. The molecule has 0 atom stereocenters. The van der Waals surface area contributed by atoms with Crippen molar-refractivity contribution in [2.45, 2.75) is 13.8 Å². The second-order valence-electron chi connectivity index (χ2n) is 2.35. The highest BCUT2D eigenvalue weighted by molar-refractivity contribution is 5.85. The molecule has 0 rings (SSSR count). The monoisotopic (exact) mass is 154 g/mol. The Morgan fingerprint density at radius 2 is 1.89 bits per heavy atom. The van der Waals surface area contributed by atoms with Gasteiger partial charge in [0, 0.05) is 0 Å². The third kappa shape index (κ3) is 3.32. The number of hydrogen-bond acceptors (Lipinski definition) is 2. The number of aliphatic hydroxyl groups excluding tert-OH is 1. The first-order valence-corrected chi connectivity index (χ1v) is 2.35. The molecule has 9 heavy (non-hydrogen) atoms. The van der Waals surface area contributed by atoms with Crippen LogP contribution in [0.25, 0.3) is 0 Å². The fourth-order valence-electron chi connectivity index (χ4n) is 0.0676. The molecule has 2 N–H and O–H groups in total. The third-order valence-corrected chi connectivity index (χ3v) is 0.974. The zero-order chi connectivity index (χ0) is 6.78. The summed E-state index contributed by atoms with van der Waals surface area (Å²) in [6.07, 6.45) is 0. The van der Waals surface area contributed by atoms with Gasteiger partial charge in [-0.25, -0.2) is 0 Å². The van der Waals surface area contributed by atoms with E-state index in [2.05, 4.69) is 0 Å². The maximum absolute atomic E-state index is 10.1. The molecule has 0 aromatic carbocycles. The van der Waals surface area contributed by atoms with Crippen LogP contribution in [0.4, 0.5) is 0 Å². The topological polar surface area (TPSA) is 57.5 Å². The van der Waals surface area contributed by atoms with Gasteiger partial charge in [-0.1, -0.05) is 0 Å². The van der Waals surface area contributed by atoms with E-state index in [0.717, 1.165) is 0 Å². The first-order valence-electron chi connectivity index (χ1n) is 2.35. The predicted molar refractivity (Wildman–Crippen MR) is 35.8 cm³/mol. The Morgan fingerprint density at radius 1 is 1.56 bits per heavy atom. The van der Waals surface area contributed by atoms with Crippen LogP contribution in [0, 0.1) is 5.41 Å². The van der Waals surface area contributed by atoms with Crippen molar-refractivity contribution in [1.82, 2.24) is 0 Å². The van der Waals surface area contributed by atoms with Crippen molar-refractivity contribution in [2.24, 2.45) is 5.41 Å². The lowest BCUT2D eigenvalue weighted by Crippen LogP contribution is -2.27. The van der Waals surface area contributed by atoms with Gasteiger partial charge in [0.15, 0.2) is 0 Å². The van der Waals surface area contributed by atoms with E-state index < -0.39 is 11.4 Å². The molecule has 0 aliphatic rings. The fourth-order valence-corrected chi connectivity index (χ4v) is 0.0676. The molecule has 0 saturated heterocycles. The van der Waals surface area contributed by atoms with E-state index in [-0.39, 0.29) is 19.0 Å². The van der Waals surface area contributed by atoms with Crippen molar-refractivity contribution in [1.29, 1.82) is 0 Å². The minimum absolute atomic E-state index is 0. The maximum Gasteiger partial charge on any atom is 0.311 e. The Hall–Kier alpha value is -0.280. The highest BCUT2D eigenvalue weighted by Gasteiger charge is 2.25. The average molecular weight is 155 g/mol. The molecule has 0 aromatic rings. The summed E-state index contributed by atoms with van der Waals surface area (Å²) in [6.45, 7) is 2.62. The van der Waals surface area contributed by atoms with Gasteiger partial charge in [-0.05, 0) is 13.8 Å². The Bertz CT molecular complexity index is 100. The van der Waals surface area contributed by atoms with Crippen LogP contribution in [-0.4, -0.2) is 22.8 Å². The Morgan fingerprint density at radius 3 is 1.89 bits per heavy atom. The number of halogens is 1. The first kappa shape index (κ1) is 11.5. The lowest BCUT2D eigenvalue weighted by molar-refractivity contribution is -0.148. The molecule has 4 heteroatoms. The van der Waals surface area contributed by atoms with Crippen LogP contribution in [0.3, 0.4) is 0 Å². The molecule has 0 amide bonds. The summed E-state index contributed by atoms with van der Waals surface area (Å²) in [5, 5.41) is 16.7. The summed E-state index contributed by atoms with van der Waals surface area (Å²) in [5.74, 6) is -0.972. The van der Waals surface area contributed by atoms with E-state index in [1.54, 1.807) is 0 Å². The van der Waals surface area contributed by atoms with Gasteiger partial charge in [-0.3, -0.25) is 4.79 Å². The van der Waals surface area contributed by atoms with Gasteiger partial charge in [0.25, 0.3) is 0 Å². The van der Waals surface area contributed by atoms with Crippen molar-refractivity contribution in [3.8, 4) is 0 Å². The molecule has 0 aliphatic heterocycles. The molecule has 0 fully saturated rings. The molecular formula is C5H11ClO3. The predicted octanol–water partition coefficient (Wildman–Crippen LogP) is 0.511. The molecule has 0 bridgehead atoms. The Labute approximate surface area is 60.1 Å². The van der Waals surface area contributed by atoms with E-state index in [0.29, 0.717) is 0 Å². The molecule has 3 nitrogen and oxygen atoms in total. The maximum atomic E-state index is 10.1. The van der Waals surface area contributed by atoms with E-state index in [9.17, 15) is 4.79 Å². The number of hydrogen-bond donors (Lipinski definition) is 2. The minimum Gasteiger partial charge on any atom is -0.481 e. The van der Waals surface area contributed by atoms with Gasteiger partial charge in [0.1, 0.15) is 0 Å². The first-order chi connectivity index (χ1) is 3.50. The summed E-state index contributed by atoms with van der Waals surface area (Å²) in [5.41, 5.74) is -0.986. The van der Waals surface area contributed by atoms with Gasteiger partial charge in [-0.2, -0.15) is 0 Å². The highest BCUT2D eigenvalue weighted by atomic mass is 35.5. The van der Waals surface area contributed by atoms with Gasteiger partial charge in [-0.15, -0.1) is 12.4 Å². The van der Waals surface area contributed by atoms with E-state index in [4.69, 9.17) is 10.2 Å². The van der Waals surface area contributed by atoms with Gasteiger partial charge < -0.3 is 10.2 Å². The summed E-state index contributed by atoms with van der Waals surface area (Å²) in [7, 11) is 0. The van der Waals surface area contributed by atoms with Crippen molar-refractivity contribution in [3.63, 3.8) is 0 Å². The normalized spacial score (nSPS) is 10.1. The van der Waals surface area contributed by atoms with Crippen molar-refractivity contribution >= 4 is 18.4 Å². The lowest BCUT2D eigenvalue weighted by Gasteiger charge is -2.13. The van der Waals surface area contributed by atoms with E-state index in [1.807, 2.05) is 0 Å². The summed E-state index contributed by atoms with van der Waals surface area (Å²) in [6, 6.07) is 0. The van der Waals surface area contributed by atoms with Gasteiger partial charge >= 0.3 is 5.97 Å². The van der Waals surface area contributed by atoms with Crippen LogP contribution >= 0.6 is 12.4 Å². The van der Waals surface area contributed by atoms with Crippen molar-refractivity contribution in [2.75, 3.05) is 6.61 Å². The van der Waals surface area contributed by atoms with Crippen molar-refractivity contribution < 1.29 is 15.0 Å². The van der Waals surface area contributed by atoms with Gasteiger partial charge in [0.2, 0.25) is 0 Å². The molecule has 0 aromatic heterocycles. The molecule has 0 saturated carbocycles. The second kappa shape index (κ2) is 3.69. The van der Waals surface area contributed by atoms with Crippen molar-refractivity contribution in [3.05, 3.63) is 0 Å². The molecule has 0 aliphatic carbocycles. The Balaban J connectivity index is 0. The number of carboxylic acids is 1.